The average molecular weight is 310 g/mol. The van der Waals surface area contributed by atoms with E-state index in [0.717, 1.165) is 33.9 Å². The lowest BCUT2D eigenvalue weighted by molar-refractivity contribution is 0.580. The molecule has 2 aromatic carbocycles. The fourth-order valence-electron chi connectivity index (χ4n) is 2.71. The molecule has 0 aliphatic carbocycles. The van der Waals surface area contributed by atoms with Gasteiger partial charge in [0, 0.05) is 17.6 Å². The Morgan fingerprint density at radius 2 is 1.70 bits per heavy atom. The monoisotopic (exact) mass is 310 g/mol. The number of aromatic amines is 2. The van der Waals surface area contributed by atoms with Gasteiger partial charge in [-0.3, -0.25) is 10.2 Å². The Labute approximate surface area is 130 Å². The van der Waals surface area contributed by atoms with E-state index in [4.69, 9.17) is 0 Å². The molecule has 0 spiro atoms. The van der Waals surface area contributed by atoms with Crippen LogP contribution in [-0.4, -0.2) is 20.4 Å². The van der Waals surface area contributed by atoms with Gasteiger partial charge < -0.3 is 0 Å². The van der Waals surface area contributed by atoms with Gasteiger partial charge in [0.15, 0.2) is 0 Å². The zero-order valence-electron chi connectivity index (χ0n) is 12.0. The van der Waals surface area contributed by atoms with E-state index in [1.807, 2.05) is 24.3 Å². The first-order valence-corrected chi connectivity index (χ1v) is 7.11. The number of nitrogens with one attached hydrogen (secondary N) is 2. The van der Waals surface area contributed by atoms with Crippen LogP contribution < -0.4 is 0 Å². The van der Waals surface area contributed by atoms with Gasteiger partial charge in [-0.2, -0.15) is 10.2 Å². The van der Waals surface area contributed by atoms with Crippen molar-refractivity contribution in [1.29, 1.82) is 0 Å². The molecule has 0 amide bonds. The van der Waals surface area contributed by atoms with Crippen LogP contribution in [0.2, 0.25) is 0 Å². The lowest BCUT2D eigenvalue weighted by Crippen LogP contribution is -1.91. The van der Waals surface area contributed by atoms with Crippen LogP contribution in [0.25, 0.3) is 22.3 Å². The Morgan fingerprint density at radius 1 is 0.870 bits per heavy atom. The topological polar surface area (TPSA) is 57.4 Å². The van der Waals surface area contributed by atoms with E-state index in [1.165, 1.54) is 12.1 Å². The number of aromatic nitrogens is 4. The first-order chi connectivity index (χ1) is 11.2. The number of halogens is 2. The lowest BCUT2D eigenvalue weighted by atomic mass is 10.0. The highest BCUT2D eigenvalue weighted by Gasteiger charge is 2.10. The summed E-state index contributed by atoms with van der Waals surface area (Å²) in [5.41, 5.74) is 4.01. The minimum absolute atomic E-state index is 0.443. The van der Waals surface area contributed by atoms with Gasteiger partial charge in [0.2, 0.25) is 0 Å². The number of nitrogens with zero attached hydrogens (tertiary/aromatic N) is 2. The van der Waals surface area contributed by atoms with E-state index in [9.17, 15) is 8.78 Å². The van der Waals surface area contributed by atoms with Crippen molar-refractivity contribution >= 4 is 10.9 Å². The van der Waals surface area contributed by atoms with Crippen molar-refractivity contribution in [1.82, 2.24) is 20.4 Å². The Hall–Kier alpha value is -3.02. The molecule has 4 rings (SSSR count). The Balaban J connectivity index is 1.75. The van der Waals surface area contributed by atoms with Crippen molar-refractivity contribution in [2.75, 3.05) is 0 Å². The molecular weight excluding hydrogens is 298 g/mol. The van der Waals surface area contributed by atoms with Crippen molar-refractivity contribution < 1.29 is 8.78 Å². The molecule has 2 aromatic heterocycles. The van der Waals surface area contributed by atoms with Crippen LogP contribution in [0.1, 0.15) is 11.1 Å². The van der Waals surface area contributed by atoms with Gasteiger partial charge in [-0.15, -0.1) is 0 Å². The van der Waals surface area contributed by atoms with E-state index in [2.05, 4.69) is 20.4 Å². The summed E-state index contributed by atoms with van der Waals surface area (Å²) in [4.78, 5) is 0. The quantitative estimate of drug-likeness (QED) is 0.604. The van der Waals surface area contributed by atoms with Crippen LogP contribution in [0.4, 0.5) is 8.78 Å². The summed E-state index contributed by atoms with van der Waals surface area (Å²) in [6, 6.07) is 11.2. The van der Waals surface area contributed by atoms with E-state index >= 15 is 0 Å². The average Bonchev–Trinajstić information content (AvgIpc) is 3.14. The fraction of sp³-hybridized carbons (Fsp3) is 0.0588. The molecule has 0 saturated carbocycles. The van der Waals surface area contributed by atoms with Crippen LogP contribution in [0.3, 0.4) is 0 Å². The summed E-state index contributed by atoms with van der Waals surface area (Å²) in [6.07, 6.45) is 2.10. The first-order valence-electron chi connectivity index (χ1n) is 7.11. The maximum Gasteiger partial charge on any atom is 0.126 e. The summed E-state index contributed by atoms with van der Waals surface area (Å²) in [5, 5.41) is 15.0. The third-order valence-electron chi connectivity index (χ3n) is 3.71. The number of rotatable bonds is 3. The summed E-state index contributed by atoms with van der Waals surface area (Å²) in [6.45, 7) is 0. The SMILES string of the molecule is Fc1cc(F)cc(Cc2ccc3[nH]nc(-c4ccn[nH]4)c3c2)c1. The van der Waals surface area contributed by atoms with Crippen molar-refractivity contribution in [2.45, 2.75) is 6.42 Å². The highest BCUT2D eigenvalue weighted by Crippen LogP contribution is 2.26. The van der Waals surface area contributed by atoms with Gasteiger partial charge in [-0.25, -0.2) is 8.78 Å². The van der Waals surface area contributed by atoms with Gasteiger partial charge in [0.05, 0.1) is 11.2 Å². The Morgan fingerprint density at radius 3 is 2.43 bits per heavy atom. The number of fused-ring (bicyclic) bond motifs is 1. The predicted octanol–water partition coefficient (Wildman–Crippen LogP) is 3.82. The van der Waals surface area contributed by atoms with Crippen molar-refractivity contribution in [3.8, 4) is 11.4 Å². The second-order valence-electron chi connectivity index (χ2n) is 5.38. The molecule has 0 radical (unpaired) electrons. The molecule has 0 bridgehead atoms. The summed E-state index contributed by atoms with van der Waals surface area (Å²) in [5.74, 6) is -1.13. The molecule has 6 heteroatoms. The van der Waals surface area contributed by atoms with Crippen LogP contribution in [-0.2, 0) is 6.42 Å². The minimum atomic E-state index is -0.567. The van der Waals surface area contributed by atoms with Gasteiger partial charge in [0.25, 0.3) is 0 Å². The summed E-state index contributed by atoms with van der Waals surface area (Å²) < 4.78 is 26.6. The number of hydrogen-bond donors (Lipinski definition) is 2. The van der Waals surface area contributed by atoms with Crippen molar-refractivity contribution in [3.05, 3.63) is 71.4 Å². The normalized spacial score (nSPS) is 11.2. The maximum atomic E-state index is 13.3. The van der Waals surface area contributed by atoms with Crippen LogP contribution in [0.15, 0.2) is 48.7 Å². The largest absolute Gasteiger partial charge is 0.277 e. The van der Waals surface area contributed by atoms with E-state index in [0.29, 0.717) is 12.0 Å². The molecule has 0 atom stereocenters. The van der Waals surface area contributed by atoms with Gasteiger partial charge >= 0.3 is 0 Å². The molecule has 4 nitrogen and oxygen atoms in total. The Kier molecular flexibility index (Phi) is 3.15. The second-order valence-corrected chi connectivity index (χ2v) is 5.38. The molecule has 4 aromatic rings. The zero-order valence-corrected chi connectivity index (χ0v) is 12.0. The molecule has 114 valence electrons. The van der Waals surface area contributed by atoms with Crippen molar-refractivity contribution in [3.63, 3.8) is 0 Å². The number of benzene rings is 2. The standard InChI is InChI=1S/C17H12F2N4/c18-12-6-11(7-13(19)9-12)5-10-1-2-15-14(8-10)17(23-22-15)16-3-4-20-21-16/h1-4,6-9H,5H2,(H,20,21)(H,22,23). The van der Waals surface area contributed by atoms with Crippen LogP contribution >= 0.6 is 0 Å². The van der Waals surface area contributed by atoms with Gasteiger partial charge in [-0.1, -0.05) is 6.07 Å². The minimum Gasteiger partial charge on any atom is -0.277 e. The predicted molar refractivity (Wildman–Crippen MR) is 82.8 cm³/mol. The molecule has 0 unspecified atom stereocenters. The molecular formula is C17H12F2N4. The smallest absolute Gasteiger partial charge is 0.126 e. The summed E-state index contributed by atoms with van der Waals surface area (Å²) >= 11 is 0. The highest BCUT2D eigenvalue weighted by molar-refractivity contribution is 5.92. The third-order valence-corrected chi connectivity index (χ3v) is 3.71. The van der Waals surface area contributed by atoms with Gasteiger partial charge in [0.1, 0.15) is 17.3 Å². The molecule has 23 heavy (non-hydrogen) atoms. The van der Waals surface area contributed by atoms with Crippen LogP contribution in [0, 0.1) is 11.6 Å². The zero-order chi connectivity index (χ0) is 15.8. The van der Waals surface area contributed by atoms with E-state index < -0.39 is 11.6 Å². The first kappa shape index (κ1) is 13.6. The number of hydrogen-bond acceptors (Lipinski definition) is 2. The molecule has 0 aliphatic heterocycles. The van der Waals surface area contributed by atoms with Gasteiger partial charge in [-0.05, 0) is 47.9 Å². The lowest BCUT2D eigenvalue weighted by Gasteiger charge is -2.04. The summed E-state index contributed by atoms with van der Waals surface area (Å²) in [7, 11) is 0. The van der Waals surface area contributed by atoms with E-state index in [-0.39, 0.29) is 0 Å². The second kappa shape index (κ2) is 5.31. The molecule has 2 N–H and O–H groups in total. The highest BCUT2D eigenvalue weighted by atomic mass is 19.1. The van der Waals surface area contributed by atoms with Crippen molar-refractivity contribution in [2.24, 2.45) is 0 Å². The Bertz CT molecular complexity index is 953. The maximum absolute atomic E-state index is 13.3. The molecule has 0 saturated heterocycles. The van der Waals surface area contributed by atoms with E-state index in [1.54, 1.807) is 6.20 Å². The molecule has 0 aliphatic rings. The molecule has 2 heterocycles. The third kappa shape index (κ3) is 2.59. The number of H-pyrrole nitrogens is 2. The molecule has 0 fully saturated rings. The van der Waals surface area contributed by atoms with Crippen LogP contribution in [0.5, 0.6) is 0 Å². The fourth-order valence-corrected chi connectivity index (χ4v) is 2.71.